The molecule has 156 valence electrons. The average molecular weight is 424 g/mol. The number of hydrogen-bond acceptors (Lipinski definition) is 3. The molecule has 1 aliphatic heterocycles. The number of thiophene rings is 1. The maximum absolute atomic E-state index is 13.2. The van der Waals surface area contributed by atoms with Crippen molar-refractivity contribution in [2.24, 2.45) is 5.92 Å². The molecular formula is C21H23F3N2O2S. The lowest BCUT2D eigenvalue weighted by atomic mass is 9.87. The predicted octanol–water partition coefficient (Wildman–Crippen LogP) is 4.49. The zero-order chi connectivity index (χ0) is 21.3. The lowest BCUT2D eigenvalue weighted by Crippen LogP contribution is -2.40. The number of hydrogen-bond donors (Lipinski definition) is 0. The lowest BCUT2D eigenvalue weighted by Gasteiger charge is -2.27. The Morgan fingerprint density at radius 3 is 2.48 bits per heavy atom. The molecule has 0 N–H and O–H groups in total. The molecule has 1 aromatic heterocycles. The van der Waals surface area contributed by atoms with E-state index in [0.29, 0.717) is 10.4 Å². The summed E-state index contributed by atoms with van der Waals surface area (Å²) in [6.45, 7) is 4.15. The highest BCUT2D eigenvalue weighted by molar-refractivity contribution is 7.12. The summed E-state index contributed by atoms with van der Waals surface area (Å²) in [4.78, 5) is 29.6. The van der Waals surface area contributed by atoms with Crippen LogP contribution in [0.1, 0.15) is 40.6 Å². The Morgan fingerprint density at radius 1 is 1.17 bits per heavy atom. The third-order valence-electron chi connectivity index (χ3n) is 5.42. The van der Waals surface area contributed by atoms with Crippen LogP contribution in [0.2, 0.25) is 0 Å². The van der Waals surface area contributed by atoms with E-state index in [2.05, 4.69) is 0 Å². The predicted molar refractivity (Wildman–Crippen MR) is 106 cm³/mol. The molecule has 29 heavy (non-hydrogen) atoms. The van der Waals surface area contributed by atoms with E-state index >= 15 is 0 Å². The number of alkyl halides is 3. The molecule has 0 radical (unpaired) electrons. The molecule has 1 fully saturated rings. The van der Waals surface area contributed by atoms with Gasteiger partial charge >= 0.3 is 6.18 Å². The van der Waals surface area contributed by atoms with Crippen LogP contribution in [0.25, 0.3) is 0 Å². The molecule has 0 aliphatic carbocycles. The molecule has 2 amide bonds. The largest absolute Gasteiger partial charge is 0.416 e. The summed E-state index contributed by atoms with van der Waals surface area (Å²) in [6, 6.07) is 8.51. The van der Waals surface area contributed by atoms with Crippen LogP contribution in [-0.4, -0.2) is 47.8 Å². The van der Waals surface area contributed by atoms with Crippen molar-refractivity contribution in [1.29, 1.82) is 0 Å². The Kier molecular flexibility index (Phi) is 6.03. The Morgan fingerprint density at radius 2 is 1.90 bits per heavy atom. The molecule has 2 heterocycles. The average Bonchev–Trinajstić information content (AvgIpc) is 3.35. The number of carbonyl (C=O) groups is 2. The lowest BCUT2D eigenvalue weighted by molar-refractivity contribution is -0.137. The Balaban J connectivity index is 1.95. The molecule has 1 aromatic carbocycles. The van der Waals surface area contributed by atoms with Gasteiger partial charge < -0.3 is 9.80 Å². The van der Waals surface area contributed by atoms with Gasteiger partial charge in [0.05, 0.1) is 16.4 Å². The number of likely N-dealkylation sites (tertiary alicyclic amines) is 1. The maximum atomic E-state index is 13.2. The van der Waals surface area contributed by atoms with Gasteiger partial charge in [0.25, 0.3) is 5.91 Å². The van der Waals surface area contributed by atoms with Gasteiger partial charge in [-0.25, -0.2) is 0 Å². The molecule has 2 atom stereocenters. The summed E-state index contributed by atoms with van der Waals surface area (Å²) < 4.78 is 39.6. The summed E-state index contributed by atoms with van der Waals surface area (Å²) in [7, 11) is 1.68. The molecule has 1 aliphatic rings. The number of rotatable bonds is 4. The van der Waals surface area contributed by atoms with Crippen molar-refractivity contribution < 1.29 is 22.8 Å². The second kappa shape index (κ2) is 8.18. The zero-order valence-corrected chi connectivity index (χ0v) is 17.3. The molecular weight excluding hydrogens is 401 g/mol. The van der Waals surface area contributed by atoms with E-state index in [9.17, 15) is 22.8 Å². The number of carbonyl (C=O) groups excluding carboxylic acids is 2. The summed E-state index contributed by atoms with van der Waals surface area (Å²) in [5, 5.41) is 1.79. The highest BCUT2D eigenvalue weighted by Crippen LogP contribution is 2.38. The zero-order valence-electron chi connectivity index (χ0n) is 16.4. The van der Waals surface area contributed by atoms with E-state index in [4.69, 9.17) is 0 Å². The van der Waals surface area contributed by atoms with E-state index in [-0.39, 0.29) is 30.9 Å². The summed E-state index contributed by atoms with van der Waals surface area (Å²) in [6.07, 6.45) is -4.46. The monoisotopic (exact) mass is 424 g/mol. The van der Waals surface area contributed by atoms with Gasteiger partial charge in [0.2, 0.25) is 5.91 Å². The Labute approximate surface area is 171 Å². The van der Waals surface area contributed by atoms with Crippen molar-refractivity contribution >= 4 is 23.2 Å². The maximum Gasteiger partial charge on any atom is 0.416 e. The highest BCUT2D eigenvalue weighted by Gasteiger charge is 2.43. The summed E-state index contributed by atoms with van der Waals surface area (Å²) >= 11 is 1.31. The quantitative estimate of drug-likeness (QED) is 0.726. The Hall–Kier alpha value is -2.35. The minimum atomic E-state index is -4.46. The third kappa shape index (κ3) is 4.47. The Bertz CT molecular complexity index is 880. The van der Waals surface area contributed by atoms with Crippen LogP contribution in [0.5, 0.6) is 0 Å². The fraction of sp³-hybridized carbons (Fsp3) is 0.429. The van der Waals surface area contributed by atoms with E-state index in [1.807, 2.05) is 13.8 Å². The van der Waals surface area contributed by atoms with Gasteiger partial charge in [0.15, 0.2) is 0 Å². The van der Waals surface area contributed by atoms with Crippen LogP contribution in [0.15, 0.2) is 41.8 Å². The molecule has 3 rings (SSSR count). The van der Waals surface area contributed by atoms with Gasteiger partial charge in [-0.1, -0.05) is 24.3 Å². The molecule has 0 saturated carbocycles. The first kappa shape index (κ1) is 21.4. The first-order valence-corrected chi connectivity index (χ1v) is 10.2. The topological polar surface area (TPSA) is 40.6 Å². The second-order valence-electron chi connectivity index (χ2n) is 7.57. The summed E-state index contributed by atoms with van der Waals surface area (Å²) in [5.41, 5.74) is -0.321. The van der Waals surface area contributed by atoms with Crippen LogP contribution < -0.4 is 0 Å². The van der Waals surface area contributed by atoms with Crippen molar-refractivity contribution in [3.05, 3.63) is 57.8 Å². The van der Waals surface area contributed by atoms with E-state index in [1.165, 1.54) is 17.4 Å². The van der Waals surface area contributed by atoms with Gasteiger partial charge in [-0.15, -0.1) is 11.3 Å². The van der Waals surface area contributed by atoms with Gasteiger partial charge in [-0.2, -0.15) is 13.2 Å². The van der Waals surface area contributed by atoms with Gasteiger partial charge in [0.1, 0.15) is 0 Å². The molecule has 0 unspecified atom stereocenters. The molecule has 4 nitrogen and oxygen atoms in total. The molecule has 2 aromatic rings. The second-order valence-corrected chi connectivity index (χ2v) is 8.51. The fourth-order valence-electron chi connectivity index (χ4n) is 3.58. The van der Waals surface area contributed by atoms with Gasteiger partial charge in [-0.05, 0) is 36.9 Å². The molecule has 1 saturated heterocycles. The van der Waals surface area contributed by atoms with Crippen LogP contribution in [0.3, 0.4) is 0 Å². The van der Waals surface area contributed by atoms with Crippen LogP contribution in [0, 0.1) is 5.92 Å². The molecule has 0 bridgehead atoms. The number of halogens is 3. The number of amides is 2. The minimum absolute atomic E-state index is 0.0493. The smallest absolute Gasteiger partial charge is 0.343 e. The standard InChI is InChI=1S/C21H23F3N2O2S/c1-13(2)25(3)19(27)17-12-26(20(28)18-8-5-9-29-18)11-16(17)14-6-4-7-15(10-14)21(22,23)24/h4-10,13,16-17H,11-12H2,1-3H3/t16-,17-/m1/s1. The van der Waals surface area contributed by atoms with Gasteiger partial charge in [0, 0.05) is 32.1 Å². The van der Waals surface area contributed by atoms with E-state index in [1.54, 1.807) is 40.4 Å². The normalized spacial score (nSPS) is 19.6. The molecule has 0 spiro atoms. The number of nitrogens with zero attached hydrogens (tertiary/aromatic N) is 2. The van der Waals surface area contributed by atoms with Crippen molar-refractivity contribution in [3.63, 3.8) is 0 Å². The van der Waals surface area contributed by atoms with Crippen LogP contribution in [0.4, 0.5) is 13.2 Å². The van der Waals surface area contributed by atoms with E-state index in [0.717, 1.165) is 12.1 Å². The van der Waals surface area contributed by atoms with Crippen molar-refractivity contribution in [2.75, 3.05) is 20.1 Å². The van der Waals surface area contributed by atoms with Crippen molar-refractivity contribution in [3.8, 4) is 0 Å². The SMILES string of the molecule is CC(C)N(C)C(=O)[C@@H]1CN(C(=O)c2cccs2)C[C@@H]1c1cccc(C(F)(F)F)c1. The van der Waals surface area contributed by atoms with Gasteiger partial charge in [-0.3, -0.25) is 9.59 Å². The van der Waals surface area contributed by atoms with Crippen LogP contribution >= 0.6 is 11.3 Å². The van der Waals surface area contributed by atoms with E-state index < -0.39 is 23.6 Å². The highest BCUT2D eigenvalue weighted by atomic mass is 32.1. The minimum Gasteiger partial charge on any atom is -0.343 e. The molecule has 8 heteroatoms. The third-order valence-corrected chi connectivity index (χ3v) is 6.28. The first-order chi connectivity index (χ1) is 13.6. The number of benzene rings is 1. The van der Waals surface area contributed by atoms with Crippen molar-refractivity contribution in [2.45, 2.75) is 32.0 Å². The van der Waals surface area contributed by atoms with Crippen LogP contribution in [-0.2, 0) is 11.0 Å². The first-order valence-electron chi connectivity index (χ1n) is 9.36. The van der Waals surface area contributed by atoms with Crippen molar-refractivity contribution in [1.82, 2.24) is 9.80 Å². The fourth-order valence-corrected chi connectivity index (χ4v) is 4.27. The summed E-state index contributed by atoms with van der Waals surface area (Å²) in [5.74, 6) is -1.44.